The molecule has 2 aromatic carbocycles. The first kappa shape index (κ1) is 24.2. The molecule has 3 heterocycles. The van der Waals surface area contributed by atoms with Crippen LogP contribution >= 0.6 is 22.9 Å². The molecule has 3 aromatic rings. The second-order valence-electron chi connectivity index (χ2n) is 9.05. The van der Waals surface area contributed by atoms with E-state index >= 15 is 0 Å². The van der Waals surface area contributed by atoms with Crippen molar-refractivity contribution in [1.29, 1.82) is 0 Å². The zero-order chi connectivity index (χ0) is 24.4. The van der Waals surface area contributed by atoms with Gasteiger partial charge in [0.05, 0.1) is 29.3 Å². The molecule has 9 heteroatoms. The molecule has 2 aliphatic heterocycles. The van der Waals surface area contributed by atoms with Crippen LogP contribution in [0.3, 0.4) is 0 Å². The SMILES string of the molecule is Cc1c(Cl)ccc2sc(N(CCCN3CCOCC3)C(=O)C3CC(=O)N(c4ccccc4)C3)nc12. The highest BCUT2D eigenvalue weighted by Gasteiger charge is 2.38. The first-order valence-electron chi connectivity index (χ1n) is 12.0. The molecule has 2 saturated heterocycles. The van der Waals surface area contributed by atoms with Gasteiger partial charge in [0, 0.05) is 49.9 Å². The summed E-state index contributed by atoms with van der Waals surface area (Å²) in [5.74, 6) is -0.459. The van der Waals surface area contributed by atoms with Crippen LogP contribution in [0.2, 0.25) is 5.02 Å². The highest BCUT2D eigenvalue weighted by Crippen LogP contribution is 2.35. The van der Waals surface area contributed by atoms with Gasteiger partial charge in [-0.3, -0.25) is 19.4 Å². The molecule has 1 unspecified atom stereocenters. The van der Waals surface area contributed by atoms with Crippen molar-refractivity contribution < 1.29 is 14.3 Å². The summed E-state index contributed by atoms with van der Waals surface area (Å²) >= 11 is 7.83. The lowest BCUT2D eigenvalue weighted by atomic mass is 10.1. The van der Waals surface area contributed by atoms with Crippen LogP contribution in [0.1, 0.15) is 18.4 Å². The van der Waals surface area contributed by atoms with Gasteiger partial charge in [-0.1, -0.05) is 41.1 Å². The number of para-hydroxylation sites is 1. The number of fused-ring (bicyclic) bond motifs is 1. The number of hydrogen-bond donors (Lipinski definition) is 0. The van der Waals surface area contributed by atoms with Gasteiger partial charge in [-0.2, -0.15) is 0 Å². The lowest BCUT2D eigenvalue weighted by molar-refractivity contribution is -0.124. The zero-order valence-electron chi connectivity index (χ0n) is 19.8. The van der Waals surface area contributed by atoms with Crippen molar-refractivity contribution in [1.82, 2.24) is 9.88 Å². The summed E-state index contributed by atoms with van der Waals surface area (Å²) < 4.78 is 6.45. The highest BCUT2D eigenvalue weighted by atomic mass is 35.5. The van der Waals surface area contributed by atoms with E-state index in [4.69, 9.17) is 21.3 Å². The van der Waals surface area contributed by atoms with Gasteiger partial charge in [0.1, 0.15) is 0 Å². The Kier molecular flexibility index (Phi) is 7.34. The van der Waals surface area contributed by atoms with Gasteiger partial charge in [-0.25, -0.2) is 4.98 Å². The van der Waals surface area contributed by atoms with Crippen LogP contribution in [0.5, 0.6) is 0 Å². The van der Waals surface area contributed by atoms with Gasteiger partial charge in [0.2, 0.25) is 11.8 Å². The summed E-state index contributed by atoms with van der Waals surface area (Å²) in [5, 5.41) is 1.34. The smallest absolute Gasteiger partial charge is 0.234 e. The van der Waals surface area contributed by atoms with Gasteiger partial charge in [-0.15, -0.1) is 0 Å². The molecule has 2 amide bonds. The van der Waals surface area contributed by atoms with E-state index in [-0.39, 0.29) is 18.2 Å². The van der Waals surface area contributed by atoms with Gasteiger partial charge < -0.3 is 9.64 Å². The van der Waals surface area contributed by atoms with E-state index in [0.717, 1.165) is 60.7 Å². The molecule has 1 atom stereocenters. The van der Waals surface area contributed by atoms with Gasteiger partial charge in [-0.05, 0) is 43.2 Å². The Bertz CT molecular complexity index is 1210. The molecule has 35 heavy (non-hydrogen) atoms. The van der Waals surface area contributed by atoms with E-state index in [0.29, 0.717) is 23.2 Å². The monoisotopic (exact) mass is 512 g/mol. The second-order valence-corrected chi connectivity index (χ2v) is 10.5. The summed E-state index contributed by atoms with van der Waals surface area (Å²) in [6.07, 6.45) is 1.04. The van der Waals surface area contributed by atoms with Crippen molar-refractivity contribution in [2.24, 2.45) is 5.92 Å². The zero-order valence-corrected chi connectivity index (χ0v) is 21.4. The summed E-state index contributed by atoms with van der Waals surface area (Å²) in [7, 11) is 0. The quantitative estimate of drug-likeness (QED) is 0.470. The number of halogens is 1. The number of aryl methyl sites for hydroxylation is 1. The predicted octanol–water partition coefficient (Wildman–Crippen LogP) is 4.37. The van der Waals surface area contributed by atoms with Crippen molar-refractivity contribution in [3.05, 3.63) is 53.1 Å². The van der Waals surface area contributed by atoms with Crippen molar-refractivity contribution >= 4 is 55.8 Å². The largest absolute Gasteiger partial charge is 0.379 e. The van der Waals surface area contributed by atoms with E-state index in [1.165, 1.54) is 11.3 Å². The maximum absolute atomic E-state index is 13.8. The number of ether oxygens (including phenoxy) is 1. The van der Waals surface area contributed by atoms with E-state index in [1.54, 1.807) is 9.80 Å². The fourth-order valence-corrected chi connectivity index (χ4v) is 5.94. The minimum atomic E-state index is -0.400. The van der Waals surface area contributed by atoms with Crippen LogP contribution < -0.4 is 9.80 Å². The van der Waals surface area contributed by atoms with Crippen LogP contribution in [0.15, 0.2) is 42.5 Å². The van der Waals surface area contributed by atoms with Gasteiger partial charge in [0.25, 0.3) is 0 Å². The van der Waals surface area contributed by atoms with Gasteiger partial charge in [0.15, 0.2) is 5.13 Å². The van der Waals surface area contributed by atoms with E-state index in [1.807, 2.05) is 49.4 Å². The first-order chi connectivity index (χ1) is 17.0. The first-order valence-corrected chi connectivity index (χ1v) is 13.2. The Hall–Kier alpha value is -2.52. The third kappa shape index (κ3) is 5.21. The van der Waals surface area contributed by atoms with Crippen molar-refractivity contribution in [2.45, 2.75) is 19.8 Å². The van der Waals surface area contributed by atoms with Crippen LogP contribution in [0.4, 0.5) is 10.8 Å². The Morgan fingerprint density at radius 1 is 1.20 bits per heavy atom. The molecule has 0 bridgehead atoms. The minimum absolute atomic E-state index is 0.0188. The number of rotatable bonds is 7. The fourth-order valence-electron chi connectivity index (χ4n) is 4.73. The van der Waals surface area contributed by atoms with Crippen LogP contribution in [0.25, 0.3) is 10.2 Å². The molecular formula is C26H29ClN4O3S. The molecule has 0 radical (unpaired) electrons. The Morgan fingerprint density at radius 3 is 2.74 bits per heavy atom. The predicted molar refractivity (Wildman–Crippen MR) is 140 cm³/mol. The van der Waals surface area contributed by atoms with Crippen molar-refractivity contribution in [3.8, 4) is 0 Å². The Labute approximate surface area is 214 Å². The van der Waals surface area contributed by atoms with Gasteiger partial charge >= 0.3 is 0 Å². The fraction of sp³-hybridized carbons (Fsp3) is 0.423. The lowest BCUT2D eigenvalue weighted by Gasteiger charge is -2.28. The number of morpholine rings is 1. The Balaban J connectivity index is 1.38. The number of benzene rings is 2. The molecule has 0 aliphatic carbocycles. The summed E-state index contributed by atoms with van der Waals surface area (Å²) in [6, 6.07) is 13.4. The number of anilines is 2. The highest BCUT2D eigenvalue weighted by molar-refractivity contribution is 7.22. The molecular weight excluding hydrogens is 484 g/mol. The maximum Gasteiger partial charge on any atom is 0.234 e. The number of aromatic nitrogens is 1. The molecule has 0 spiro atoms. The molecule has 2 aliphatic rings. The van der Waals surface area contributed by atoms with Crippen LogP contribution in [-0.4, -0.2) is 67.6 Å². The number of hydrogen-bond acceptors (Lipinski definition) is 6. The molecule has 1 aromatic heterocycles. The Morgan fingerprint density at radius 2 is 1.97 bits per heavy atom. The summed E-state index contributed by atoms with van der Waals surface area (Å²) in [5.41, 5.74) is 2.58. The average molecular weight is 513 g/mol. The summed E-state index contributed by atoms with van der Waals surface area (Å²) in [6.45, 7) is 7.11. The molecule has 5 rings (SSSR count). The number of nitrogens with zero attached hydrogens (tertiary/aromatic N) is 4. The number of carbonyl (C=O) groups is 2. The molecule has 0 saturated carbocycles. The van der Waals surface area contributed by atoms with E-state index in [9.17, 15) is 9.59 Å². The molecule has 2 fully saturated rings. The lowest BCUT2D eigenvalue weighted by Crippen LogP contribution is -2.41. The number of carbonyl (C=O) groups excluding carboxylic acids is 2. The third-order valence-electron chi connectivity index (χ3n) is 6.74. The molecule has 0 N–H and O–H groups in total. The number of amides is 2. The second kappa shape index (κ2) is 10.6. The van der Waals surface area contributed by atoms with Crippen molar-refractivity contribution in [2.75, 3.05) is 55.7 Å². The third-order valence-corrected chi connectivity index (χ3v) is 8.19. The number of thiazole rings is 1. The standard InChI is InChI=1S/C26H29ClN4O3S/c1-18-21(27)8-9-22-24(18)28-26(35-22)30(11-5-10-29-12-14-34-15-13-29)25(33)19-16-23(32)31(17-19)20-6-3-2-4-7-20/h2-4,6-9,19H,5,10-17H2,1H3. The van der Waals surface area contributed by atoms with Crippen LogP contribution in [0, 0.1) is 12.8 Å². The molecule has 7 nitrogen and oxygen atoms in total. The van der Waals surface area contributed by atoms with Crippen LogP contribution in [-0.2, 0) is 14.3 Å². The topological polar surface area (TPSA) is 66.0 Å². The van der Waals surface area contributed by atoms with E-state index < -0.39 is 5.92 Å². The normalized spacial score (nSPS) is 19.0. The van der Waals surface area contributed by atoms with E-state index in [2.05, 4.69) is 4.90 Å². The molecule has 184 valence electrons. The summed E-state index contributed by atoms with van der Waals surface area (Å²) in [4.78, 5) is 37.4. The minimum Gasteiger partial charge on any atom is -0.379 e. The maximum atomic E-state index is 13.8. The van der Waals surface area contributed by atoms with Crippen molar-refractivity contribution in [3.63, 3.8) is 0 Å². The average Bonchev–Trinajstić information content (AvgIpc) is 3.49.